The van der Waals surface area contributed by atoms with Crippen molar-refractivity contribution >= 4 is 0 Å². The second-order valence-corrected chi connectivity index (χ2v) is 3.54. The summed E-state index contributed by atoms with van der Waals surface area (Å²) in [5.74, 6) is -0.459. The molecule has 0 bridgehead atoms. The summed E-state index contributed by atoms with van der Waals surface area (Å²) in [6, 6.07) is 0. The van der Waals surface area contributed by atoms with Crippen LogP contribution >= 0.6 is 0 Å². The Kier molecular flexibility index (Phi) is 2.52. The van der Waals surface area contributed by atoms with Gasteiger partial charge in [0.2, 0.25) is 0 Å². The SMILES string of the molecule is CC(O)CC1COC(C)(C)O1. The molecule has 0 aromatic rings. The van der Waals surface area contributed by atoms with Gasteiger partial charge in [-0.1, -0.05) is 0 Å². The Balaban J connectivity index is 2.31. The van der Waals surface area contributed by atoms with Crippen LogP contribution in [0, 0.1) is 0 Å². The molecule has 0 aromatic carbocycles. The standard InChI is InChI=1S/C8H16O3/c1-6(9)4-7-5-10-8(2,3)11-7/h6-7,9H,4-5H2,1-3H3. The molecule has 1 aliphatic heterocycles. The van der Waals surface area contributed by atoms with Crippen molar-refractivity contribution in [3.63, 3.8) is 0 Å². The zero-order valence-electron chi connectivity index (χ0n) is 7.33. The predicted molar refractivity (Wildman–Crippen MR) is 41.2 cm³/mol. The summed E-state index contributed by atoms with van der Waals surface area (Å²) in [5.41, 5.74) is 0. The van der Waals surface area contributed by atoms with Crippen molar-refractivity contribution in [2.45, 2.75) is 45.2 Å². The smallest absolute Gasteiger partial charge is 0.163 e. The molecule has 1 saturated heterocycles. The van der Waals surface area contributed by atoms with Crippen molar-refractivity contribution in [1.82, 2.24) is 0 Å². The highest BCUT2D eigenvalue weighted by Gasteiger charge is 2.32. The van der Waals surface area contributed by atoms with E-state index in [9.17, 15) is 0 Å². The normalized spacial score (nSPS) is 32.2. The van der Waals surface area contributed by atoms with E-state index in [-0.39, 0.29) is 12.2 Å². The molecule has 1 rings (SSSR count). The van der Waals surface area contributed by atoms with Crippen LogP contribution in [0.15, 0.2) is 0 Å². The monoisotopic (exact) mass is 160 g/mol. The van der Waals surface area contributed by atoms with Crippen LogP contribution in [-0.2, 0) is 9.47 Å². The minimum Gasteiger partial charge on any atom is -0.393 e. The van der Waals surface area contributed by atoms with Crippen LogP contribution < -0.4 is 0 Å². The summed E-state index contributed by atoms with van der Waals surface area (Å²) in [5, 5.41) is 9.05. The third-order valence-corrected chi connectivity index (χ3v) is 1.67. The van der Waals surface area contributed by atoms with E-state index in [1.165, 1.54) is 0 Å². The molecule has 1 fully saturated rings. The molecule has 1 aliphatic rings. The van der Waals surface area contributed by atoms with Crippen LogP contribution in [0.4, 0.5) is 0 Å². The zero-order chi connectivity index (χ0) is 8.48. The molecule has 0 spiro atoms. The van der Waals surface area contributed by atoms with Crippen molar-refractivity contribution in [1.29, 1.82) is 0 Å². The average molecular weight is 160 g/mol. The van der Waals surface area contributed by atoms with E-state index < -0.39 is 5.79 Å². The molecule has 1 heterocycles. The van der Waals surface area contributed by atoms with Gasteiger partial charge in [0.05, 0.1) is 18.8 Å². The fourth-order valence-corrected chi connectivity index (χ4v) is 1.26. The molecular formula is C8H16O3. The van der Waals surface area contributed by atoms with Gasteiger partial charge in [0, 0.05) is 6.42 Å². The summed E-state index contributed by atoms with van der Waals surface area (Å²) < 4.78 is 10.8. The van der Waals surface area contributed by atoms with Crippen molar-refractivity contribution < 1.29 is 14.6 Å². The summed E-state index contributed by atoms with van der Waals surface area (Å²) in [6.07, 6.45) is 0.408. The maximum absolute atomic E-state index is 9.05. The maximum Gasteiger partial charge on any atom is 0.163 e. The Morgan fingerprint density at radius 2 is 2.27 bits per heavy atom. The largest absolute Gasteiger partial charge is 0.393 e. The molecule has 0 amide bonds. The Bertz CT molecular complexity index is 131. The quantitative estimate of drug-likeness (QED) is 0.652. The second-order valence-electron chi connectivity index (χ2n) is 3.54. The van der Waals surface area contributed by atoms with Crippen LogP contribution in [-0.4, -0.2) is 29.7 Å². The average Bonchev–Trinajstić information content (AvgIpc) is 2.08. The minimum absolute atomic E-state index is 0.0602. The molecule has 2 unspecified atom stereocenters. The third kappa shape index (κ3) is 2.77. The topological polar surface area (TPSA) is 38.7 Å². The first-order valence-corrected chi connectivity index (χ1v) is 3.99. The molecule has 2 atom stereocenters. The summed E-state index contributed by atoms with van der Waals surface area (Å²) in [6.45, 7) is 6.12. The van der Waals surface area contributed by atoms with Crippen molar-refractivity contribution in [2.24, 2.45) is 0 Å². The number of hydrogen-bond donors (Lipinski definition) is 1. The van der Waals surface area contributed by atoms with E-state index in [1.54, 1.807) is 6.92 Å². The van der Waals surface area contributed by atoms with Crippen LogP contribution in [0.25, 0.3) is 0 Å². The zero-order valence-corrected chi connectivity index (χ0v) is 7.33. The summed E-state index contributed by atoms with van der Waals surface area (Å²) in [7, 11) is 0. The van der Waals surface area contributed by atoms with Gasteiger partial charge < -0.3 is 14.6 Å². The molecule has 3 heteroatoms. The van der Waals surface area contributed by atoms with Gasteiger partial charge in [0.25, 0.3) is 0 Å². The van der Waals surface area contributed by atoms with Gasteiger partial charge in [-0.3, -0.25) is 0 Å². The molecule has 66 valence electrons. The number of ether oxygens (including phenoxy) is 2. The third-order valence-electron chi connectivity index (χ3n) is 1.67. The Labute approximate surface area is 67.3 Å². The first-order valence-electron chi connectivity index (χ1n) is 3.99. The lowest BCUT2D eigenvalue weighted by atomic mass is 10.2. The summed E-state index contributed by atoms with van der Waals surface area (Å²) >= 11 is 0. The van der Waals surface area contributed by atoms with Crippen LogP contribution in [0.2, 0.25) is 0 Å². The van der Waals surface area contributed by atoms with Gasteiger partial charge in [-0.2, -0.15) is 0 Å². The first-order chi connectivity index (χ1) is 4.99. The Morgan fingerprint density at radius 1 is 1.64 bits per heavy atom. The van der Waals surface area contributed by atoms with Gasteiger partial charge in [-0.15, -0.1) is 0 Å². The molecule has 0 aromatic heterocycles. The number of rotatable bonds is 2. The van der Waals surface area contributed by atoms with Crippen molar-refractivity contribution in [3.05, 3.63) is 0 Å². The lowest BCUT2D eigenvalue weighted by molar-refractivity contribution is -0.141. The number of aliphatic hydroxyl groups is 1. The van der Waals surface area contributed by atoms with Gasteiger partial charge in [-0.25, -0.2) is 0 Å². The van der Waals surface area contributed by atoms with E-state index >= 15 is 0 Å². The lowest BCUT2D eigenvalue weighted by Crippen LogP contribution is -2.23. The summed E-state index contributed by atoms with van der Waals surface area (Å²) in [4.78, 5) is 0. The van der Waals surface area contributed by atoms with E-state index in [0.717, 1.165) is 0 Å². The van der Waals surface area contributed by atoms with Crippen LogP contribution in [0.1, 0.15) is 27.2 Å². The van der Waals surface area contributed by atoms with Crippen LogP contribution in [0.3, 0.4) is 0 Å². The fourth-order valence-electron chi connectivity index (χ4n) is 1.26. The highest BCUT2D eigenvalue weighted by atomic mass is 16.7. The maximum atomic E-state index is 9.05. The van der Waals surface area contributed by atoms with Crippen molar-refractivity contribution in [3.8, 4) is 0 Å². The van der Waals surface area contributed by atoms with E-state index in [2.05, 4.69) is 0 Å². The fraction of sp³-hybridized carbons (Fsp3) is 1.00. The minimum atomic E-state index is -0.459. The molecule has 0 aliphatic carbocycles. The van der Waals surface area contributed by atoms with Gasteiger partial charge >= 0.3 is 0 Å². The highest BCUT2D eigenvalue weighted by Crippen LogP contribution is 2.24. The first kappa shape index (κ1) is 8.97. The molecule has 11 heavy (non-hydrogen) atoms. The van der Waals surface area contributed by atoms with Crippen molar-refractivity contribution in [2.75, 3.05) is 6.61 Å². The molecule has 0 saturated carbocycles. The van der Waals surface area contributed by atoms with Crippen LogP contribution in [0.5, 0.6) is 0 Å². The second kappa shape index (κ2) is 3.09. The van der Waals surface area contributed by atoms with E-state index in [0.29, 0.717) is 13.0 Å². The predicted octanol–water partition coefficient (Wildman–Crippen LogP) is 0.909. The number of hydrogen-bond acceptors (Lipinski definition) is 3. The van der Waals surface area contributed by atoms with Gasteiger partial charge in [-0.05, 0) is 20.8 Å². The molecular weight excluding hydrogens is 144 g/mol. The van der Waals surface area contributed by atoms with E-state index in [1.807, 2.05) is 13.8 Å². The number of aliphatic hydroxyl groups excluding tert-OH is 1. The molecule has 0 radical (unpaired) electrons. The van der Waals surface area contributed by atoms with Gasteiger partial charge in [0.15, 0.2) is 5.79 Å². The Morgan fingerprint density at radius 3 is 2.64 bits per heavy atom. The molecule has 1 N–H and O–H groups in total. The highest BCUT2D eigenvalue weighted by molar-refractivity contribution is 4.72. The van der Waals surface area contributed by atoms with Gasteiger partial charge in [0.1, 0.15) is 0 Å². The lowest BCUT2D eigenvalue weighted by Gasteiger charge is -2.17. The van der Waals surface area contributed by atoms with E-state index in [4.69, 9.17) is 14.6 Å². The Hall–Kier alpha value is -0.120. The molecule has 3 nitrogen and oxygen atoms in total.